The number of carbonyl (C=O) groups is 1. The lowest BCUT2D eigenvalue weighted by Crippen LogP contribution is -2.41. The van der Waals surface area contributed by atoms with Crippen molar-refractivity contribution < 1.29 is 9.32 Å². The molecule has 0 saturated heterocycles. The third-order valence-electron chi connectivity index (χ3n) is 4.64. The van der Waals surface area contributed by atoms with Gasteiger partial charge in [0.25, 0.3) is 11.6 Å². The molecule has 0 aliphatic heterocycles. The van der Waals surface area contributed by atoms with E-state index >= 15 is 0 Å². The molecule has 7 heteroatoms. The minimum atomic E-state index is -0.0945. The van der Waals surface area contributed by atoms with Crippen LogP contribution in [-0.4, -0.2) is 28.6 Å². The molecule has 2 fully saturated rings. The lowest BCUT2D eigenvalue weighted by molar-refractivity contribution is 0.0935. The summed E-state index contributed by atoms with van der Waals surface area (Å²) in [5.74, 6) is 0.885. The first kappa shape index (κ1) is 16.2. The first-order valence-corrected chi connectivity index (χ1v) is 7.95. The predicted molar refractivity (Wildman–Crippen MR) is 88.8 cm³/mol. The van der Waals surface area contributed by atoms with Crippen LogP contribution in [0.2, 0.25) is 0 Å². The Morgan fingerprint density at radius 3 is 2.78 bits per heavy atom. The number of nitrogens with one attached hydrogen (secondary N) is 1. The second kappa shape index (κ2) is 6.09. The molecule has 1 unspecified atom stereocenters. The van der Waals surface area contributed by atoms with Crippen molar-refractivity contribution in [1.82, 2.24) is 15.5 Å². The quantitative estimate of drug-likeness (QED) is 0.873. The maximum atomic E-state index is 12.7. The molecule has 2 aliphatic rings. The third kappa shape index (κ3) is 3.05. The van der Waals surface area contributed by atoms with E-state index in [1.54, 1.807) is 0 Å². The molecule has 1 atom stereocenters. The summed E-state index contributed by atoms with van der Waals surface area (Å²) in [4.78, 5) is 17.3. The van der Waals surface area contributed by atoms with Crippen LogP contribution in [-0.2, 0) is 0 Å². The van der Waals surface area contributed by atoms with E-state index < -0.39 is 0 Å². The standard InChI is InChI=1S/C16H20N4O2.ClH/c1-8-14-11(15(21)18-13(7-17)10-4-5-10)6-12(9-2-3-9)19-16(14)22-20-8;/h6,9-10,13H,2-5,7,17H2,1H3,(H,18,21);1H. The Labute approximate surface area is 140 Å². The zero-order chi connectivity index (χ0) is 15.3. The normalized spacial score (nSPS) is 18.5. The number of rotatable bonds is 5. The first-order valence-electron chi connectivity index (χ1n) is 7.95. The molecule has 2 aromatic heterocycles. The van der Waals surface area contributed by atoms with Gasteiger partial charge in [0, 0.05) is 24.2 Å². The van der Waals surface area contributed by atoms with Crippen LogP contribution in [0, 0.1) is 12.8 Å². The topological polar surface area (TPSA) is 94.0 Å². The highest BCUT2D eigenvalue weighted by atomic mass is 35.5. The molecule has 0 bridgehead atoms. The summed E-state index contributed by atoms with van der Waals surface area (Å²) in [6, 6.07) is 1.96. The SMILES string of the molecule is Cc1noc2nc(C3CC3)cc(C(=O)NC(CN)C3CC3)c12.Cl. The van der Waals surface area contributed by atoms with E-state index in [-0.39, 0.29) is 24.4 Å². The number of aromatic nitrogens is 2. The van der Waals surface area contributed by atoms with Crippen molar-refractivity contribution in [3.8, 4) is 0 Å². The predicted octanol–water partition coefficient (Wildman–Crippen LogP) is 2.30. The van der Waals surface area contributed by atoms with Gasteiger partial charge in [-0.05, 0) is 44.6 Å². The van der Waals surface area contributed by atoms with Gasteiger partial charge >= 0.3 is 0 Å². The van der Waals surface area contributed by atoms with E-state index in [1.807, 2.05) is 13.0 Å². The lowest BCUT2D eigenvalue weighted by atomic mass is 10.1. The third-order valence-corrected chi connectivity index (χ3v) is 4.64. The number of amides is 1. The van der Waals surface area contributed by atoms with E-state index in [0.29, 0.717) is 40.7 Å². The molecule has 2 aliphatic carbocycles. The minimum Gasteiger partial charge on any atom is -0.348 e. The summed E-state index contributed by atoms with van der Waals surface area (Å²) in [6.45, 7) is 2.31. The molecule has 4 rings (SSSR count). The molecule has 2 aromatic rings. The highest BCUT2D eigenvalue weighted by Crippen LogP contribution is 2.40. The summed E-state index contributed by atoms with van der Waals surface area (Å²) in [7, 11) is 0. The highest BCUT2D eigenvalue weighted by Gasteiger charge is 2.33. The number of nitrogens with two attached hydrogens (primary N) is 1. The van der Waals surface area contributed by atoms with Crippen molar-refractivity contribution in [3.63, 3.8) is 0 Å². The number of nitrogens with zero attached hydrogens (tertiary/aromatic N) is 2. The summed E-state index contributed by atoms with van der Waals surface area (Å²) in [5, 5.41) is 7.76. The molecule has 124 valence electrons. The number of carbonyl (C=O) groups excluding carboxylic acids is 1. The van der Waals surface area contributed by atoms with Crippen LogP contribution in [0.25, 0.3) is 11.1 Å². The van der Waals surface area contributed by atoms with Gasteiger partial charge in [0.1, 0.15) is 0 Å². The molecule has 0 spiro atoms. The van der Waals surface area contributed by atoms with Crippen molar-refractivity contribution in [1.29, 1.82) is 0 Å². The summed E-state index contributed by atoms with van der Waals surface area (Å²) in [5.41, 5.74) is 8.50. The fraction of sp³-hybridized carbons (Fsp3) is 0.562. The molecule has 0 aromatic carbocycles. The van der Waals surface area contributed by atoms with Crippen molar-refractivity contribution in [3.05, 3.63) is 23.0 Å². The molecule has 2 saturated carbocycles. The van der Waals surface area contributed by atoms with Gasteiger partial charge in [-0.2, -0.15) is 0 Å². The fourth-order valence-corrected chi connectivity index (χ4v) is 3.00. The first-order chi connectivity index (χ1) is 10.7. The molecular formula is C16H21ClN4O2. The summed E-state index contributed by atoms with van der Waals surface area (Å²) < 4.78 is 5.28. The van der Waals surface area contributed by atoms with E-state index in [2.05, 4.69) is 15.5 Å². The van der Waals surface area contributed by atoms with E-state index in [0.717, 1.165) is 31.4 Å². The van der Waals surface area contributed by atoms with Gasteiger partial charge in [-0.1, -0.05) is 5.16 Å². The van der Waals surface area contributed by atoms with Gasteiger partial charge in [0.05, 0.1) is 16.6 Å². The molecule has 6 nitrogen and oxygen atoms in total. The van der Waals surface area contributed by atoms with E-state index in [4.69, 9.17) is 10.3 Å². The fourth-order valence-electron chi connectivity index (χ4n) is 3.00. The van der Waals surface area contributed by atoms with E-state index in [1.165, 1.54) is 0 Å². The smallest absolute Gasteiger partial charge is 0.259 e. The zero-order valence-corrected chi connectivity index (χ0v) is 13.9. The molecule has 2 heterocycles. The van der Waals surface area contributed by atoms with Crippen molar-refractivity contribution in [2.24, 2.45) is 11.7 Å². The second-order valence-electron chi connectivity index (χ2n) is 6.47. The van der Waals surface area contributed by atoms with Crippen LogP contribution < -0.4 is 11.1 Å². The largest absolute Gasteiger partial charge is 0.348 e. The van der Waals surface area contributed by atoms with Gasteiger partial charge in [-0.15, -0.1) is 12.4 Å². The summed E-state index contributed by atoms with van der Waals surface area (Å²) in [6.07, 6.45) is 4.54. The zero-order valence-electron chi connectivity index (χ0n) is 13.0. The number of halogens is 1. The Kier molecular flexibility index (Phi) is 4.29. The van der Waals surface area contributed by atoms with Crippen LogP contribution in [0.3, 0.4) is 0 Å². The number of hydrogen-bond acceptors (Lipinski definition) is 5. The van der Waals surface area contributed by atoms with E-state index in [9.17, 15) is 4.79 Å². The maximum Gasteiger partial charge on any atom is 0.259 e. The Morgan fingerprint density at radius 1 is 1.43 bits per heavy atom. The number of hydrogen-bond donors (Lipinski definition) is 2. The Bertz CT molecular complexity index is 737. The van der Waals surface area contributed by atoms with Gasteiger partial charge in [0.2, 0.25) is 0 Å². The Balaban J connectivity index is 0.00000156. The van der Waals surface area contributed by atoms with Crippen LogP contribution in [0.5, 0.6) is 0 Å². The van der Waals surface area contributed by atoms with Gasteiger partial charge < -0.3 is 15.6 Å². The Hall–Kier alpha value is -1.66. The average molecular weight is 337 g/mol. The van der Waals surface area contributed by atoms with Crippen LogP contribution in [0.1, 0.15) is 53.3 Å². The number of pyridine rings is 1. The van der Waals surface area contributed by atoms with Crippen LogP contribution >= 0.6 is 12.4 Å². The van der Waals surface area contributed by atoms with Gasteiger partial charge in [0.15, 0.2) is 0 Å². The van der Waals surface area contributed by atoms with Crippen molar-refractivity contribution in [2.75, 3.05) is 6.54 Å². The van der Waals surface area contributed by atoms with Gasteiger partial charge in [-0.25, -0.2) is 4.98 Å². The molecular weight excluding hydrogens is 316 g/mol. The molecule has 23 heavy (non-hydrogen) atoms. The lowest BCUT2D eigenvalue weighted by Gasteiger charge is -2.16. The second-order valence-corrected chi connectivity index (χ2v) is 6.47. The Morgan fingerprint density at radius 2 is 2.17 bits per heavy atom. The van der Waals surface area contributed by atoms with Crippen LogP contribution in [0.4, 0.5) is 0 Å². The number of fused-ring (bicyclic) bond motifs is 1. The average Bonchev–Trinajstić information content (AvgIpc) is 3.42. The molecule has 0 radical (unpaired) electrons. The van der Waals surface area contributed by atoms with Crippen LogP contribution in [0.15, 0.2) is 10.6 Å². The number of aryl methyl sites for hydroxylation is 1. The highest BCUT2D eigenvalue weighted by molar-refractivity contribution is 6.06. The van der Waals surface area contributed by atoms with Crippen molar-refractivity contribution in [2.45, 2.75) is 44.6 Å². The molecule has 3 N–H and O–H groups in total. The summed E-state index contributed by atoms with van der Waals surface area (Å²) >= 11 is 0. The van der Waals surface area contributed by atoms with Gasteiger partial charge in [-0.3, -0.25) is 4.79 Å². The maximum absolute atomic E-state index is 12.7. The molecule has 1 amide bonds. The van der Waals surface area contributed by atoms with Crippen molar-refractivity contribution >= 4 is 29.4 Å². The monoisotopic (exact) mass is 336 g/mol. The minimum absolute atomic E-state index is 0.